The van der Waals surface area contributed by atoms with Crippen LogP contribution in [-0.2, 0) is 9.53 Å². The standard InChI is InChI=1S/C16H11Cl2N3O7/c17-8-3-10(18)15(19-6-8)20-14(22)7-28-16(23)9-4-12-13(27-2-1-26-12)5-11(9)21(24)25/h3-6H,1-2,7H2,(H,19,20,22). The Morgan fingerprint density at radius 3 is 2.54 bits per heavy atom. The Balaban J connectivity index is 1.70. The first-order chi connectivity index (χ1) is 13.3. The summed E-state index contributed by atoms with van der Waals surface area (Å²) in [5.74, 6) is -1.47. The Hall–Kier alpha value is -3.11. The molecule has 0 unspecified atom stereocenters. The number of carbonyl (C=O) groups excluding carboxylic acids is 2. The number of nitrogens with one attached hydrogen (secondary N) is 1. The first kappa shape index (κ1) is 19.6. The van der Waals surface area contributed by atoms with Gasteiger partial charge < -0.3 is 19.5 Å². The molecule has 28 heavy (non-hydrogen) atoms. The number of ether oxygens (including phenoxy) is 3. The van der Waals surface area contributed by atoms with Gasteiger partial charge in [0, 0.05) is 12.3 Å². The lowest BCUT2D eigenvalue weighted by Crippen LogP contribution is -2.22. The highest BCUT2D eigenvalue weighted by molar-refractivity contribution is 6.36. The molecule has 1 amide bonds. The highest BCUT2D eigenvalue weighted by Crippen LogP contribution is 2.36. The van der Waals surface area contributed by atoms with Gasteiger partial charge in [-0.25, -0.2) is 9.78 Å². The molecule has 1 aliphatic heterocycles. The number of nitro groups is 1. The van der Waals surface area contributed by atoms with Crippen molar-refractivity contribution in [1.29, 1.82) is 0 Å². The largest absolute Gasteiger partial charge is 0.486 e. The zero-order valence-electron chi connectivity index (χ0n) is 13.9. The molecule has 0 bridgehead atoms. The second-order valence-electron chi connectivity index (χ2n) is 5.38. The molecule has 1 aromatic carbocycles. The number of esters is 1. The quantitative estimate of drug-likeness (QED) is 0.437. The van der Waals surface area contributed by atoms with Gasteiger partial charge in [-0.05, 0) is 6.07 Å². The van der Waals surface area contributed by atoms with Crippen LogP contribution in [0.2, 0.25) is 10.0 Å². The van der Waals surface area contributed by atoms with Crippen molar-refractivity contribution in [2.45, 2.75) is 0 Å². The van der Waals surface area contributed by atoms with Crippen LogP contribution in [0.3, 0.4) is 0 Å². The number of aromatic nitrogens is 1. The molecule has 1 aromatic heterocycles. The fourth-order valence-corrected chi connectivity index (χ4v) is 2.70. The summed E-state index contributed by atoms with van der Waals surface area (Å²) in [6.45, 7) is -0.253. The smallest absolute Gasteiger partial charge is 0.345 e. The molecule has 0 fully saturated rings. The van der Waals surface area contributed by atoms with E-state index in [1.54, 1.807) is 0 Å². The van der Waals surface area contributed by atoms with Crippen molar-refractivity contribution in [3.05, 3.63) is 50.1 Å². The van der Waals surface area contributed by atoms with E-state index in [0.29, 0.717) is 0 Å². The first-order valence-corrected chi connectivity index (χ1v) is 8.47. The molecule has 0 spiro atoms. The van der Waals surface area contributed by atoms with Crippen LogP contribution in [0.5, 0.6) is 11.5 Å². The predicted molar refractivity (Wildman–Crippen MR) is 97.3 cm³/mol. The molecule has 10 nitrogen and oxygen atoms in total. The molecular formula is C16H11Cl2N3O7. The van der Waals surface area contributed by atoms with Gasteiger partial charge in [-0.3, -0.25) is 14.9 Å². The molecule has 0 saturated heterocycles. The van der Waals surface area contributed by atoms with Crippen LogP contribution in [-0.4, -0.2) is 41.6 Å². The molecule has 0 saturated carbocycles. The molecular weight excluding hydrogens is 417 g/mol. The number of fused-ring (bicyclic) bond motifs is 1. The molecule has 1 aliphatic rings. The summed E-state index contributed by atoms with van der Waals surface area (Å²) in [6, 6.07) is 3.59. The molecule has 0 radical (unpaired) electrons. The van der Waals surface area contributed by atoms with Gasteiger partial charge in [0.25, 0.3) is 11.6 Å². The summed E-state index contributed by atoms with van der Waals surface area (Å²) in [5, 5.41) is 14.0. The number of halogens is 2. The van der Waals surface area contributed by atoms with Crippen LogP contribution in [0.1, 0.15) is 10.4 Å². The maximum atomic E-state index is 12.3. The number of amides is 1. The molecule has 2 aromatic rings. The van der Waals surface area contributed by atoms with Crippen molar-refractivity contribution >= 4 is 46.6 Å². The van der Waals surface area contributed by atoms with Crippen molar-refractivity contribution in [3.8, 4) is 11.5 Å². The second kappa shape index (κ2) is 8.28. The highest BCUT2D eigenvalue weighted by atomic mass is 35.5. The van der Waals surface area contributed by atoms with Crippen molar-refractivity contribution < 1.29 is 28.7 Å². The lowest BCUT2D eigenvalue weighted by atomic mass is 10.1. The first-order valence-electron chi connectivity index (χ1n) is 7.71. The maximum absolute atomic E-state index is 12.3. The molecule has 0 aliphatic carbocycles. The van der Waals surface area contributed by atoms with E-state index in [1.165, 1.54) is 12.3 Å². The van der Waals surface area contributed by atoms with Crippen molar-refractivity contribution in [1.82, 2.24) is 4.98 Å². The number of rotatable bonds is 5. The Morgan fingerprint density at radius 2 is 1.89 bits per heavy atom. The minimum Gasteiger partial charge on any atom is -0.486 e. The zero-order chi connectivity index (χ0) is 20.3. The van der Waals surface area contributed by atoms with E-state index < -0.39 is 29.1 Å². The van der Waals surface area contributed by atoms with Crippen molar-refractivity contribution in [2.75, 3.05) is 25.1 Å². The number of anilines is 1. The Morgan fingerprint density at radius 1 is 1.21 bits per heavy atom. The number of benzene rings is 1. The molecule has 146 valence electrons. The average Bonchev–Trinajstić information content (AvgIpc) is 2.67. The van der Waals surface area contributed by atoms with Crippen LogP contribution in [0.4, 0.5) is 11.5 Å². The van der Waals surface area contributed by atoms with Gasteiger partial charge in [0.15, 0.2) is 23.9 Å². The number of carbonyl (C=O) groups is 2. The van der Waals surface area contributed by atoms with Crippen LogP contribution < -0.4 is 14.8 Å². The number of nitro benzene ring substituents is 1. The third-order valence-corrected chi connectivity index (χ3v) is 3.97. The number of hydrogen-bond donors (Lipinski definition) is 1. The predicted octanol–water partition coefficient (Wildman–Crippen LogP) is 2.86. The maximum Gasteiger partial charge on any atom is 0.345 e. The topological polar surface area (TPSA) is 130 Å². The van der Waals surface area contributed by atoms with Crippen molar-refractivity contribution in [2.24, 2.45) is 0 Å². The van der Waals surface area contributed by atoms with Crippen LogP contribution in [0.15, 0.2) is 24.4 Å². The van der Waals surface area contributed by atoms with E-state index in [9.17, 15) is 19.7 Å². The van der Waals surface area contributed by atoms with E-state index in [-0.39, 0.29) is 46.1 Å². The van der Waals surface area contributed by atoms with Crippen LogP contribution >= 0.6 is 23.2 Å². The molecule has 12 heteroatoms. The van der Waals surface area contributed by atoms with E-state index >= 15 is 0 Å². The summed E-state index contributed by atoms with van der Waals surface area (Å²) in [4.78, 5) is 38.5. The summed E-state index contributed by atoms with van der Waals surface area (Å²) in [6.07, 6.45) is 1.27. The van der Waals surface area contributed by atoms with Gasteiger partial charge >= 0.3 is 5.97 Å². The minimum absolute atomic E-state index is 0.0254. The van der Waals surface area contributed by atoms with Gasteiger partial charge in [0.05, 0.1) is 21.0 Å². The van der Waals surface area contributed by atoms with Gasteiger partial charge in [0.2, 0.25) is 0 Å². The monoisotopic (exact) mass is 427 g/mol. The Bertz CT molecular complexity index is 967. The summed E-state index contributed by atoms with van der Waals surface area (Å²) in [7, 11) is 0. The van der Waals surface area contributed by atoms with Crippen LogP contribution in [0.25, 0.3) is 0 Å². The van der Waals surface area contributed by atoms with Gasteiger partial charge in [-0.2, -0.15) is 0 Å². The molecule has 3 rings (SSSR count). The normalized spacial score (nSPS) is 12.2. The summed E-state index contributed by atoms with van der Waals surface area (Å²) >= 11 is 11.6. The van der Waals surface area contributed by atoms with E-state index in [0.717, 1.165) is 12.1 Å². The van der Waals surface area contributed by atoms with E-state index in [4.69, 9.17) is 37.4 Å². The van der Waals surface area contributed by atoms with E-state index in [1.807, 2.05) is 0 Å². The zero-order valence-corrected chi connectivity index (χ0v) is 15.5. The fourth-order valence-electron chi connectivity index (χ4n) is 2.28. The Labute approximate surface area is 167 Å². The third-order valence-electron chi connectivity index (χ3n) is 3.48. The van der Waals surface area contributed by atoms with Crippen molar-refractivity contribution in [3.63, 3.8) is 0 Å². The minimum atomic E-state index is -1.08. The summed E-state index contributed by atoms with van der Waals surface area (Å²) in [5.41, 5.74) is -0.901. The van der Waals surface area contributed by atoms with Crippen LogP contribution in [0, 0.1) is 10.1 Å². The number of pyridine rings is 1. The third kappa shape index (κ3) is 4.41. The molecule has 0 atom stereocenters. The molecule has 1 N–H and O–H groups in total. The van der Waals surface area contributed by atoms with Gasteiger partial charge in [-0.1, -0.05) is 23.2 Å². The average molecular weight is 428 g/mol. The number of nitrogens with zero attached hydrogens (tertiary/aromatic N) is 2. The van der Waals surface area contributed by atoms with Gasteiger partial charge in [-0.15, -0.1) is 0 Å². The lowest BCUT2D eigenvalue weighted by molar-refractivity contribution is -0.385. The van der Waals surface area contributed by atoms with E-state index in [2.05, 4.69) is 10.3 Å². The van der Waals surface area contributed by atoms with Gasteiger partial charge in [0.1, 0.15) is 18.8 Å². The second-order valence-corrected chi connectivity index (χ2v) is 6.22. The molecule has 2 heterocycles. The summed E-state index contributed by atoms with van der Waals surface area (Å²) < 4.78 is 15.4. The fraction of sp³-hybridized carbons (Fsp3) is 0.188. The Kier molecular flexibility index (Phi) is 5.81. The number of hydrogen-bond acceptors (Lipinski definition) is 8. The highest BCUT2D eigenvalue weighted by Gasteiger charge is 2.27. The lowest BCUT2D eigenvalue weighted by Gasteiger charge is -2.18. The SMILES string of the molecule is O=C(COC(=O)c1cc2c(cc1[N+](=O)[O-])OCCO2)Nc1ncc(Cl)cc1Cl.